The second kappa shape index (κ2) is 9.13. The van der Waals surface area contributed by atoms with E-state index < -0.39 is 0 Å². The lowest BCUT2D eigenvalue weighted by molar-refractivity contribution is -0.113. The Morgan fingerprint density at radius 2 is 2.00 bits per heavy atom. The highest BCUT2D eigenvalue weighted by Gasteiger charge is 2.14. The number of carbonyl (C=O) groups is 1. The summed E-state index contributed by atoms with van der Waals surface area (Å²) in [5, 5.41) is 13.8. The molecule has 0 aliphatic heterocycles. The van der Waals surface area contributed by atoms with Gasteiger partial charge in [0.15, 0.2) is 5.16 Å². The lowest BCUT2D eigenvalue weighted by atomic mass is 10.1. The van der Waals surface area contributed by atoms with Crippen LogP contribution in [0.3, 0.4) is 0 Å². The number of benzene rings is 2. The average molecular weight is 412 g/mol. The Morgan fingerprint density at radius 3 is 2.72 bits per heavy atom. The first kappa shape index (κ1) is 20.9. The lowest BCUT2D eigenvalue weighted by Gasteiger charge is -2.14. The Morgan fingerprint density at radius 1 is 1.24 bits per heavy atom. The molecule has 1 heterocycles. The van der Waals surface area contributed by atoms with Gasteiger partial charge in [0.05, 0.1) is 22.3 Å². The van der Waals surface area contributed by atoms with Crippen LogP contribution >= 0.6 is 11.8 Å². The summed E-state index contributed by atoms with van der Waals surface area (Å²) < 4.78 is 1.66. The van der Waals surface area contributed by atoms with Gasteiger partial charge in [-0.05, 0) is 49.1 Å². The van der Waals surface area contributed by atoms with E-state index in [1.165, 1.54) is 11.8 Å². The molecule has 0 unspecified atom stereocenters. The largest absolute Gasteiger partial charge is 0.506 e. The van der Waals surface area contributed by atoms with E-state index in [0.29, 0.717) is 34.2 Å². The molecule has 1 amide bonds. The zero-order chi connectivity index (χ0) is 21.0. The molecule has 0 saturated carbocycles. The zero-order valence-electron chi connectivity index (χ0n) is 16.8. The monoisotopic (exact) mass is 411 g/mol. The van der Waals surface area contributed by atoms with Crippen molar-refractivity contribution < 1.29 is 9.90 Å². The van der Waals surface area contributed by atoms with Crippen LogP contribution in [0.15, 0.2) is 52.4 Å². The number of nitrogens with one attached hydrogen (secondary N) is 1. The summed E-state index contributed by atoms with van der Waals surface area (Å²) in [4.78, 5) is 30.0. The van der Waals surface area contributed by atoms with Crippen LogP contribution in [0, 0.1) is 12.8 Å². The van der Waals surface area contributed by atoms with Crippen molar-refractivity contribution in [1.82, 2.24) is 9.55 Å². The number of fused-ring (bicyclic) bond motifs is 1. The highest BCUT2D eigenvalue weighted by atomic mass is 32.2. The molecular formula is C22H25N3O3S. The molecule has 0 aliphatic rings. The minimum Gasteiger partial charge on any atom is -0.506 e. The first-order valence-electron chi connectivity index (χ1n) is 9.57. The summed E-state index contributed by atoms with van der Waals surface area (Å²) in [5.74, 6) is 0.284. The maximum absolute atomic E-state index is 13.0. The second-order valence-electron chi connectivity index (χ2n) is 7.41. The van der Waals surface area contributed by atoms with Crippen molar-refractivity contribution in [2.45, 2.75) is 38.9 Å². The molecule has 0 radical (unpaired) electrons. The van der Waals surface area contributed by atoms with Crippen LogP contribution in [-0.4, -0.2) is 26.3 Å². The van der Waals surface area contributed by atoms with Crippen LogP contribution in [0.25, 0.3) is 10.9 Å². The molecule has 152 valence electrons. The SMILES string of the molecule is Cc1ccc(NC(=O)CSc2nc3ccccc3c(=O)n2CCC(C)C)c(O)c1. The van der Waals surface area contributed by atoms with Gasteiger partial charge >= 0.3 is 0 Å². The zero-order valence-corrected chi connectivity index (χ0v) is 17.6. The summed E-state index contributed by atoms with van der Waals surface area (Å²) in [6.45, 7) is 6.63. The summed E-state index contributed by atoms with van der Waals surface area (Å²) >= 11 is 1.22. The third-order valence-electron chi connectivity index (χ3n) is 4.52. The fraction of sp³-hybridized carbons (Fsp3) is 0.318. The Hall–Kier alpha value is -2.80. The lowest BCUT2D eigenvalue weighted by Crippen LogP contribution is -2.25. The van der Waals surface area contributed by atoms with Gasteiger partial charge in [-0.3, -0.25) is 14.2 Å². The predicted molar refractivity (Wildman–Crippen MR) is 118 cm³/mol. The molecule has 7 heteroatoms. The number of hydrogen-bond acceptors (Lipinski definition) is 5. The van der Waals surface area contributed by atoms with Crippen LogP contribution in [0.4, 0.5) is 5.69 Å². The third kappa shape index (κ3) is 5.17. The van der Waals surface area contributed by atoms with Crippen LogP contribution in [0.5, 0.6) is 5.75 Å². The van der Waals surface area contributed by atoms with E-state index in [0.717, 1.165) is 12.0 Å². The minimum absolute atomic E-state index is 0.0287. The van der Waals surface area contributed by atoms with Crippen molar-refractivity contribution in [2.75, 3.05) is 11.1 Å². The molecule has 0 bridgehead atoms. The molecule has 0 aliphatic carbocycles. The number of aromatic hydroxyl groups is 1. The number of rotatable bonds is 7. The number of hydrogen-bond donors (Lipinski definition) is 2. The number of amides is 1. The van der Waals surface area contributed by atoms with Crippen molar-refractivity contribution in [3.05, 3.63) is 58.4 Å². The maximum atomic E-state index is 13.0. The average Bonchev–Trinajstić information content (AvgIpc) is 2.68. The van der Waals surface area contributed by atoms with Gasteiger partial charge in [-0.1, -0.05) is 43.8 Å². The summed E-state index contributed by atoms with van der Waals surface area (Å²) in [6, 6.07) is 12.3. The van der Waals surface area contributed by atoms with Crippen molar-refractivity contribution in [3.63, 3.8) is 0 Å². The number of thioether (sulfide) groups is 1. The fourth-order valence-electron chi connectivity index (χ4n) is 2.91. The number of nitrogens with zero attached hydrogens (tertiary/aromatic N) is 2. The van der Waals surface area contributed by atoms with E-state index in [4.69, 9.17) is 0 Å². The van der Waals surface area contributed by atoms with Gasteiger partial charge in [-0.15, -0.1) is 0 Å². The van der Waals surface area contributed by atoms with Gasteiger partial charge in [0, 0.05) is 6.54 Å². The standard InChI is InChI=1S/C22H25N3O3S/c1-14(2)10-11-25-21(28)16-6-4-5-7-17(16)24-22(25)29-13-20(27)23-18-9-8-15(3)12-19(18)26/h4-9,12,14,26H,10-11,13H2,1-3H3,(H,23,27). The Bertz CT molecular complexity index is 1090. The molecule has 3 rings (SSSR count). The van der Waals surface area contributed by atoms with Gasteiger partial charge in [0.2, 0.25) is 5.91 Å². The smallest absolute Gasteiger partial charge is 0.262 e. The molecule has 29 heavy (non-hydrogen) atoms. The highest BCUT2D eigenvalue weighted by molar-refractivity contribution is 7.99. The van der Waals surface area contributed by atoms with Crippen LogP contribution < -0.4 is 10.9 Å². The molecule has 2 N–H and O–H groups in total. The Balaban J connectivity index is 1.81. The van der Waals surface area contributed by atoms with Crippen LogP contribution in [0.2, 0.25) is 0 Å². The topological polar surface area (TPSA) is 84.2 Å². The molecule has 0 fully saturated rings. The van der Waals surface area contributed by atoms with E-state index in [2.05, 4.69) is 24.1 Å². The molecule has 6 nitrogen and oxygen atoms in total. The molecule has 2 aromatic carbocycles. The molecule has 0 saturated heterocycles. The van der Waals surface area contributed by atoms with Crippen molar-refractivity contribution in [1.29, 1.82) is 0 Å². The Labute approximate surface area is 174 Å². The minimum atomic E-state index is -0.271. The van der Waals surface area contributed by atoms with Gasteiger partial charge < -0.3 is 10.4 Å². The first-order chi connectivity index (χ1) is 13.8. The van der Waals surface area contributed by atoms with Crippen molar-refractivity contribution in [3.8, 4) is 5.75 Å². The fourth-order valence-corrected chi connectivity index (χ4v) is 3.73. The van der Waals surface area contributed by atoms with Gasteiger partial charge in [0.1, 0.15) is 5.75 Å². The Kier molecular flexibility index (Phi) is 6.59. The number of aryl methyl sites for hydroxylation is 1. The molecule has 1 aromatic heterocycles. The first-order valence-corrected chi connectivity index (χ1v) is 10.6. The van der Waals surface area contributed by atoms with Gasteiger partial charge in [0.25, 0.3) is 5.56 Å². The molecule has 0 atom stereocenters. The number of carbonyl (C=O) groups excluding carboxylic acids is 1. The molecule has 3 aromatic rings. The summed E-state index contributed by atoms with van der Waals surface area (Å²) in [7, 11) is 0. The highest BCUT2D eigenvalue weighted by Crippen LogP contribution is 2.25. The molecule has 0 spiro atoms. The van der Waals surface area contributed by atoms with Gasteiger partial charge in [-0.25, -0.2) is 4.98 Å². The summed E-state index contributed by atoms with van der Waals surface area (Å²) in [6.07, 6.45) is 0.844. The van der Waals surface area contributed by atoms with Crippen LogP contribution in [-0.2, 0) is 11.3 Å². The predicted octanol–water partition coefficient (Wildman–Crippen LogP) is 4.19. The van der Waals surface area contributed by atoms with E-state index in [9.17, 15) is 14.7 Å². The molecular weight excluding hydrogens is 386 g/mol. The maximum Gasteiger partial charge on any atom is 0.262 e. The number of phenols is 1. The normalized spacial score (nSPS) is 11.2. The van der Waals surface area contributed by atoms with E-state index >= 15 is 0 Å². The summed E-state index contributed by atoms with van der Waals surface area (Å²) in [5.41, 5.74) is 1.81. The third-order valence-corrected chi connectivity index (χ3v) is 5.49. The quantitative estimate of drug-likeness (QED) is 0.346. The van der Waals surface area contributed by atoms with Crippen LogP contribution in [0.1, 0.15) is 25.8 Å². The van der Waals surface area contributed by atoms with Crippen molar-refractivity contribution >= 4 is 34.3 Å². The van der Waals surface area contributed by atoms with E-state index in [-0.39, 0.29) is 23.0 Å². The number of anilines is 1. The second-order valence-corrected chi connectivity index (χ2v) is 8.35. The van der Waals surface area contributed by atoms with E-state index in [1.54, 1.807) is 28.8 Å². The number of aromatic nitrogens is 2. The number of para-hydroxylation sites is 1. The van der Waals surface area contributed by atoms with E-state index in [1.807, 2.05) is 25.1 Å². The van der Waals surface area contributed by atoms with Gasteiger partial charge in [-0.2, -0.15) is 0 Å². The van der Waals surface area contributed by atoms with Crippen molar-refractivity contribution in [2.24, 2.45) is 5.92 Å². The number of phenolic OH excluding ortho intramolecular Hbond substituents is 1.